The monoisotopic (exact) mass is 354 g/mol. The SMILES string of the molecule is CCCCCCCOc1ccc(NCC(=O)N(C)c2ccccc2)cc1. The highest BCUT2D eigenvalue weighted by molar-refractivity contribution is 5.95. The van der Waals surface area contributed by atoms with Gasteiger partial charge < -0.3 is 15.0 Å². The molecule has 26 heavy (non-hydrogen) atoms. The van der Waals surface area contributed by atoms with Gasteiger partial charge in [0.15, 0.2) is 0 Å². The third-order valence-corrected chi connectivity index (χ3v) is 4.33. The number of nitrogens with one attached hydrogen (secondary N) is 1. The van der Waals surface area contributed by atoms with Gasteiger partial charge >= 0.3 is 0 Å². The van der Waals surface area contributed by atoms with Crippen LogP contribution in [0.2, 0.25) is 0 Å². The predicted molar refractivity (Wildman–Crippen MR) is 109 cm³/mol. The number of hydrogen-bond acceptors (Lipinski definition) is 3. The molecule has 1 N–H and O–H groups in total. The molecule has 0 saturated carbocycles. The van der Waals surface area contributed by atoms with Gasteiger partial charge in [-0.1, -0.05) is 50.8 Å². The topological polar surface area (TPSA) is 41.6 Å². The van der Waals surface area contributed by atoms with Crippen molar-refractivity contribution >= 4 is 17.3 Å². The maximum Gasteiger partial charge on any atom is 0.246 e. The molecule has 0 aliphatic heterocycles. The number of rotatable bonds is 11. The summed E-state index contributed by atoms with van der Waals surface area (Å²) in [6, 6.07) is 17.4. The minimum atomic E-state index is 0.0172. The smallest absolute Gasteiger partial charge is 0.246 e. The minimum Gasteiger partial charge on any atom is -0.494 e. The maximum atomic E-state index is 12.3. The Morgan fingerprint density at radius 3 is 2.35 bits per heavy atom. The molecule has 0 aliphatic rings. The Bertz CT molecular complexity index is 641. The van der Waals surface area contributed by atoms with E-state index in [1.807, 2.05) is 54.6 Å². The third-order valence-electron chi connectivity index (χ3n) is 4.33. The van der Waals surface area contributed by atoms with E-state index in [0.29, 0.717) is 0 Å². The van der Waals surface area contributed by atoms with Crippen LogP contribution in [0.1, 0.15) is 39.0 Å². The molecule has 0 saturated heterocycles. The lowest BCUT2D eigenvalue weighted by molar-refractivity contribution is -0.116. The van der Waals surface area contributed by atoms with E-state index in [4.69, 9.17) is 4.74 Å². The Labute approximate surface area is 157 Å². The van der Waals surface area contributed by atoms with E-state index in [1.165, 1.54) is 25.7 Å². The molecule has 0 atom stereocenters. The van der Waals surface area contributed by atoms with Gasteiger partial charge in [-0.15, -0.1) is 0 Å². The number of unbranched alkanes of at least 4 members (excludes halogenated alkanes) is 4. The molecular formula is C22H30N2O2. The van der Waals surface area contributed by atoms with E-state index < -0.39 is 0 Å². The fourth-order valence-electron chi connectivity index (χ4n) is 2.66. The molecule has 1 amide bonds. The van der Waals surface area contributed by atoms with Crippen LogP contribution in [0.25, 0.3) is 0 Å². The highest BCUT2D eigenvalue weighted by Crippen LogP contribution is 2.17. The van der Waals surface area contributed by atoms with Crippen molar-refractivity contribution in [1.29, 1.82) is 0 Å². The van der Waals surface area contributed by atoms with Gasteiger partial charge in [0.05, 0.1) is 13.2 Å². The summed E-state index contributed by atoms with van der Waals surface area (Å²) >= 11 is 0. The summed E-state index contributed by atoms with van der Waals surface area (Å²) in [5, 5.41) is 3.17. The zero-order valence-electron chi connectivity index (χ0n) is 15.9. The number of anilines is 2. The molecule has 0 unspecified atom stereocenters. The van der Waals surface area contributed by atoms with E-state index in [-0.39, 0.29) is 12.5 Å². The second-order valence-corrected chi connectivity index (χ2v) is 6.43. The second kappa shape index (κ2) is 11.2. The summed E-state index contributed by atoms with van der Waals surface area (Å²) < 4.78 is 5.76. The highest BCUT2D eigenvalue weighted by Gasteiger charge is 2.09. The number of ether oxygens (including phenoxy) is 1. The molecule has 2 aromatic carbocycles. The van der Waals surface area contributed by atoms with Gasteiger partial charge in [0.25, 0.3) is 0 Å². The normalized spacial score (nSPS) is 10.4. The molecule has 2 rings (SSSR count). The first kappa shape index (κ1) is 19.8. The quantitative estimate of drug-likeness (QED) is 0.570. The van der Waals surface area contributed by atoms with Gasteiger partial charge in [0.1, 0.15) is 5.75 Å². The Morgan fingerprint density at radius 2 is 1.65 bits per heavy atom. The van der Waals surface area contributed by atoms with Gasteiger partial charge in [-0.05, 0) is 42.8 Å². The molecule has 0 aliphatic carbocycles. The molecule has 0 radical (unpaired) electrons. The summed E-state index contributed by atoms with van der Waals surface area (Å²) in [7, 11) is 1.79. The Kier molecular flexibility index (Phi) is 8.53. The average molecular weight is 354 g/mol. The summed E-state index contributed by atoms with van der Waals surface area (Å²) in [5.41, 5.74) is 1.80. The molecule has 0 fully saturated rings. The molecule has 4 nitrogen and oxygen atoms in total. The molecular weight excluding hydrogens is 324 g/mol. The Morgan fingerprint density at radius 1 is 0.962 bits per heavy atom. The van der Waals surface area contributed by atoms with E-state index in [0.717, 1.165) is 30.2 Å². The number of carbonyl (C=O) groups is 1. The number of nitrogens with zero attached hydrogens (tertiary/aromatic N) is 1. The van der Waals surface area contributed by atoms with Crippen molar-refractivity contribution in [1.82, 2.24) is 0 Å². The lowest BCUT2D eigenvalue weighted by Crippen LogP contribution is -2.32. The molecule has 0 heterocycles. The lowest BCUT2D eigenvalue weighted by atomic mass is 10.2. The van der Waals surface area contributed by atoms with Crippen LogP contribution in [0.3, 0.4) is 0 Å². The maximum absolute atomic E-state index is 12.3. The van der Waals surface area contributed by atoms with Crippen molar-refractivity contribution in [3.63, 3.8) is 0 Å². The number of likely N-dealkylation sites (N-methyl/N-ethyl adjacent to an activating group) is 1. The molecule has 2 aromatic rings. The van der Waals surface area contributed by atoms with Gasteiger partial charge in [0.2, 0.25) is 5.91 Å². The molecule has 0 bridgehead atoms. The fraction of sp³-hybridized carbons (Fsp3) is 0.409. The van der Waals surface area contributed by atoms with Crippen molar-refractivity contribution in [2.24, 2.45) is 0 Å². The van der Waals surface area contributed by atoms with Crippen LogP contribution in [-0.4, -0.2) is 26.1 Å². The van der Waals surface area contributed by atoms with Crippen molar-refractivity contribution in [3.8, 4) is 5.75 Å². The standard InChI is InChI=1S/C22H30N2O2/c1-3-4-5-6-10-17-26-21-15-13-19(14-16-21)23-18-22(25)24(2)20-11-8-7-9-12-20/h7-9,11-16,23H,3-6,10,17-18H2,1-2H3. The number of amides is 1. The van der Waals surface area contributed by atoms with Gasteiger partial charge in [-0.3, -0.25) is 4.79 Å². The Balaban J connectivity index is 1.71. The molecule has 140 valence electrons. The predicted octanol–water partition coefficient (Wildman–Crippen LogP) is 5.11. The summed E-state index contributed by atoms with van der Waals surface area (Å²) in [6.07, 6.45) is 6.18. The van der Waals surface area contributed by atoms with Crippen LogP contribution >= 0.6 is 0 Å². The lowest BCUT2D eigenvalue weighted by Gasteiger charge is -2.18. The largest absolute Gasteiger partial charge is 0.494 e. The van der Waals surface area contributed by atoms with Gasteiger partial charge in [0, 0.05) is 18.4 Å². The number of carbonyl (C=O) groups excluding carboxylic acids is 1. The van der Waals surface area contributed by atoms with Crippen LogP contribution in [0, 0.1) is 0 Å². The Hall–Kier alpha value is -2.49. The first-order valence-electron chi connectivity index (χ1n) is 9.49. The highest BCUT2D eigenvalue weighted by atomic mass is 16.5. The van der Waals surface area contributed by atoms with Crippen LogP contribution in [-0.2, 0) is 4.79 Å². The average Bonchev–Trinajstić information content (AvgIpc) is 2.69. The zero-order valence-corrected chi connectivity index (χ0v) is 15.9. The fourth-order valence-corrected chi connectivity index (χ4v) is 2.66. The first-order valence-corrected chi connectivity index (χ1v) is 9.49. The van der Waals surface area contributed by atoms with Crippen molar-refractivity contribution < 1.29 is 9.53 Å². The van der Waals surface area contributed by atoms with E-state index >= 15 is 0 Å². The summed E-state index contributed by atoms with van der Waals surface area (Å²) in [5.74, 6) is 0.891. The van der Waals surface area contributed by atoms with Crippen LogP contribution < -0.4 is 15.0 Å². The van der Waals surface area contributed by atoms with Crippen LogP contribution in [0.15, 0.2) is 54.6 Å². The van der Waals surface area contributed by atoms with Crippen molar-refractivity contribution in [2.75, 3.05) is 30.4 Å². The molecule has 0 aromatic heterocycles. The zero-order chi connectivity index (χ0) is 18.6. The number of benzene rings is 2. The minimum absolute atomic E-state index is 0.0172. The van der Waals surface area contributed by atoms with Crippen molar-refractivity contribution in [2.45, 2.75) is 39.0 Å². The molecule has 4 heteroatoms. The van der Waals surface area contributed by atoms with Crippen molar-refractivity contribution in [3.05, 3.63) is 54.6 Å². The molecule has 0 spiro atoms. The van der Waals surface area contributed by atoms with Gasteiger partial charge in [-0.2, -0.15) is 0 Å². The second-order valence-electron chi connectivity index (χ2n) is 6.43. The summed E-state index contributed by atoms with van der Waals surface area (Å²) in [4.78, 5) is 13.9. The van der Waals surface area contributed by atoms with Crippen LogP contribution in [0.5, 0.6) is 5.75 Å². The number of para-hydroxylation sites is 1. The summed E-state index contributed by atoms with van der Waals surface area (Å²) in [6.45, 7) is 3.24. The number of hydrogen-bond donors (Lipinski definition) is 1. The first-order chi connectivity index (χ1) is 12.7. The van der Waals surface area contributed by atoms with E-state index in [9.17, 15) is 4.79 Å². The van der Waals surface area contributed by atoms with Crippen LogP contribution in [0.4, 0.5) is 11.4 Å². The third kappa shape index (κ3) is 6.79. The van der Waals surface area contributed by atoms with Gasteiger partial charge in [-0.25, -0.2) is 0 Å². The van der Waals surface area contributed by atoms with E-state index in [2.05, 4.69) is 12.2 Å². The van der Waals surface area contributed by atoms with E-state index in [1.54, 1.807) is 11.9 Å².